The summed E-state index contributed by atoms with van der Waals surface area (Å²) in [6.45, 7) is 9.03. The summed E-state index contributed by atoms with van der Waals surface area (Å²) >= 11 is 0. The molecule has 1 heteroatoms. The molecule has 3 aromatic rings. The number of hydrogen-bond acceptors (Lipinski definition) is 1. The molecule has 0 heterocycles. The molecule has 134 valence electrons. The van der Waals surface area contributed by atoms with Gasteiger partial charge in [0.05, 0.1) is 5.69 Å². The zero-order chi connectivity index (χ0) is 19.0. The fourth-order valence-electron chi connectivity index (χ4n) is 4.18. The average molecular weight is 351 g/mol. The van der Waals surface area contributed by atoms with Gasteiger partial charge in [0.1, 0.15) is 0 Å². The van der Waals surface area contributed by atoms with Crippen LogP contribution in [0.25, 0.3) is 10.8 Å². The zero-order valence-corrected chi connectivity index (χ0v) is 16.5. The highest BCUT2D eigenvalue weighted by Gasteiger charge is 2.27. The van der Waals surface area contributed by atoms with Crippen LogP contribution in [0, 0.1) is 0 Å². The lowest BCUT2D eigenvalue weighted by Crippen LogP contribution is -2.04. The molecule has 0 radical (unpaired) electrons. The van der Waals surface area contributed by atoms with E-state index >= 15 is 0 Å². The molecule has 0 unspecified atom stereocenters. The van der Waals surface area contributed by atoms with Crippen molar-refractivity contribution in [2.24, 2.45) is 4.99 Å². The van der Waals surface area contributed by atoms with E-state index in [1.54, 1.807) is 0 Å². The molecule has 0 saturated heterocycles. The summed E-state index contributed by atoms with van der Waals surface area (Å²) in [7, 11) is 0. The largest absolute Gasteiger partial charge is 0.256 e. The topological polar surface area (TPSA) is 12.4 Å². The van der Waals surface area contributed by atoms with Gasteiger partial charge in [-0.15, -0.1) is 0 Å². The smallest absolute Gasteiger partial charge is 0.0629 e. The number of nitrogens with zero attached hydrogens (tertiary/aromatic N) is 1. The van der Waals surface area contributed by atoms with E-state index in [2.05, 4.69) is 70.3 Å². The summed E-state index contributed by atoms with van der Waals surface area (Å²) in [5.41, 5.74) is 9.31. The van der Waals surface area contributed by atoms with Gasteiger partial charge in [0.25, 0.3) is 0 Å². The molecule has 0 fully saturated rings. The van der Waals surface area contributed by atoms with Crippen molar-refractivity contribution in [3.63, 3.8) is 0 Å². The van der Waals surface area contributed by atoms with Crippen LogP contribution in [0.3, 0.4) is 0 Å². The summed E-state index contributed by atoms with van der Waals surface area (Å²) in [6, 6.07) is 23.3. The zero-order valence-electron chi connectivity index (χ0n) is 16.5. The van der Waals surface area contributed by atoms with E-state index in [4.69, 9.17) is 4.99 Å². The highest BCUT2D eigenvalue weighted by Crippen LogP contribution is 2.45. The predicted octanol–water partition coefficient (Wildman–Crippen LogP) is 7.36. The first-order valence-corrected chi connectivity index (χ1v) is 9.54. The lowest BCUT2D eigenvalue weighted by atomic mass is 9.84. The molecule has 1 nitrogen and oxygen atoms in total. The summed E-state index contributed by atoms with van der Waals surface area (Å²) in [4.78, 5) is 4.79. The second kappa shape index (κ2) is 7.00. The Kier molecular flexibility index (Phi) is 4.53. The molecule has 1 aliphatic rings. The van der Waals surface area contributed by atoms with E-state index in [1.165, 1.54) is 44.2 Å². The molecule has 0 bridgehead atoms. The van der Waals surface area contributed by atoms with Crippen molar-refractivity contribution >= 4 is 22.7 Å². The fraction of sp³-hybridized carbons (Fsp3) is 0.192. The molecule has 0 aliphatic heterocycles. The first kappa shape index (κ1) is 17.5. The Bertz CT molecular complexity index is 1070. The second-order valence-electron chi connectivity index (χ2n) is 7.43. The number of para-hydroxylation sites is 1. The number of rotatable bonds is 3. The van der Waals surface area contributed by atoms with Gasteiger partial charge in [-0.05, 0) is 67.3 Å². The first-order valence-electron chi connectivity index (χ1n) is 9.54. The third kappa shape index (κ3) is 3.04. The van der Waals surface area contributed by atoms with Gasteiger partial charge >= 0.3 is 0 Å². The van der Waals surface area contributed by atoms with Gasteiger partial charge in [-0.25, -0.2) is 0 Å². The van der Waals surface area contributed by atoms with Gasteiger partial charge in [-0.3, -0.25) is 4.99 Å². The van der Waals surface area contributed by atoms with E-state index < -0.39 is 0 Å². The number of allylic oxidation sites excluding steroid dienone is 4. The van der Waals surface area contributed by atoms with Gasteiger partial charge in [0.2, 0.25) is 0 Å². The van der Waals surface area contributed by atoms with Gasteiger partial charge < -0.3 is 0 Å². The van der Waals surface area contributed by atoms with Crippen LogP contribution in [0.2, 0.25) is 0 Å². The number of fused-ring (bicyclic) bond motifs is 1. The number of aliphatic imine (C=N–C) groups is 1. The van der Waals surface area contributed by atoms with Crippen molar-refractivity contribution in [3.8, 4) is 0 Å². The summed E-state index contributed by atoms with van der Waals surface area (Å²) in [6.07, 6.45) is 2.05. The third-order valence-electron chi connectivity index (χ3n) is 6.03. The average Bonchev–Trinajstić information content (AvgIpc) is 2.90. The summed E-state index contributed by atoms with van der Waals surface area (Å²) in [5, 5.41) is 2.52. The highest BCUT2D eigenvalue weighted by atomic mass is 14.7. The third-order valence-corrected chi connectivity index (χ3v) is 6.03. The Balaban J connectivity index is 1.93. The Morgan fingerprint density at radius 2 is 1.33 bits per heavy atom. The van der Waals surface area contributed by atoms with Crippen LogP contribution in [0.15, 0.2) is 94.0 Å². The monoisotopic (exact) mass is 351 g/mol. The van der Waals surface area contributed by atoms with Crippen molar-refractivity contribution < 1.29 is 0 Å². The molecule has 0 spiro atoms. The van der Waals surface area contributed by atoms with Gasteiger partial charge in [0, 0.05) is 17.7 Å². The Hall–Kier alpha value is -2.93. The highest BCUT2D eigenvalue weighted by molar-refractivity contribution is 6.02. The first-order chi connectivity index (χ1) is 13.1. The van der Waals surface area contributed by atoms with Crippen LogP contribution in [0.5, 0.6) is 0 Å². The number of benzene rings is 3. The maximum absolute atomic E-state index is 4.79. The minimum Gasteiger partial charge on any atom is -0.256 e. The standard InChI is InChI=1S/C26H25N/c1-17-18(2)20(4)26(19(17)3)24-15-14-21-10-8-9-13-23(21)25(24)16-27-22-11-6-5-7-12-22/h5-16,26H,1-4H3. The molecule has 3 aromatic carbocycles. The van der Waals surface area contributed by atoms with E-state index in [9.17, 15) is 0 Å². The second-order valence-corrected chi connectivity index (χ2v) is 7.43. The van der Waals surface area contributed by atoms with Crippen LogP contribution in [0.1, 0.15) is 44.7 Å². The maximum atomic E-state index is 4.79. The SMILES string of the molecule is CC1=C(C)C(c2ccc3ccccc3c2C=Nc2ccccc2)C(C)=C1C. The summed E-state index contributed by atoms with van der Waals surface area (Å²) in [5.74, 6) is 0.340. The van der Waals surface area contributed by atoms with Crippen molar-refractivity contribution in [1.82, 2.24) is 0 Å². The molecule has 4 rings (SSSR count). The molecular weight excluding hydrogens is 326 g/mol. The molecule has 27 heavy (non-hydrogen) atoms. The minimum atomic E-state index is 0.340. The van der Waals surface area contributed by atoms with Crippen LogP contribution in [0.4, 0.5) is 5.69 Å². The van der Waals surface area contributed by atoms with E-state index in [-0.39, 0.29) is 0 Å². The van der Waals surface area contributed by atoms with E-state index in [0.717, 1.165) is 5.69 Å². The van der Waals surface area contributed by atoms with Gasteiger partial charge in [-0.2, -0.15) is 0 Å². The van der Waals surface area contributed by atoms with Crippen LogP contribution in [-0.4, -0.2) is 6.21 Å². The quantitative estimate of drug-likeness (QED) is 0.437. The molecule has 0 N–H and O–H groups in total. The van der Waals surface area contributed by atoms with Gasteiger partial charge in [0.15, 0.2) is 0 Å². The van der Waals surface area contributed by atoms with Crippen molar-refractivity contribution in [1.29, 1.82) is 0 Å². The van der Waals surface area contributed by atoms with E-state index in [0.29, 0.717) is 5.92 Å². The number of hydrogen-bond donors (Lipinski definition) is 0. The lowest BCUT2D eigenvalue weighted by molar-refractivity contribution is 0.936. The molecule has 1 aliphatic carbocycles. The molecule has 0 atom stereocenters. The Morgan fingerprint density at radius 1 is 0.704 bits per heavy atom. The maximum Gasteiger partial charge on any atom is 0.0629 e. The molecule has 0 aromatic heterocycles. The van der Waals surface area contributed by atoms with Crippen LogP contribution >= 0.6 is 0 Å². The van der Waals surface area contributed by atoms with E-state index in [1.807, 2.05) is 30.3 Å². The Labute approximate surface area is 161 Å². The van der Waals surface area contributed by atoms with Crippen LogP contribution < -0.4 is 0 Å². The summed E-state index contributed by atoms with van der Waals surface area (Å²) < 4.78 is 0. The predicted molar refractivity (Wildman–Crippen MR) is 117 cm³/mol. The van der Waals surface area contributed by atoms with Crippen molar-refractivity contribution in [2.75, 3.05) is 0 Å². The Morgan fingerprint density at radius 3 is 2.04 bits per heavy atom. The van der Waals surface area contributed by atoms with Crippen molar-refractivity contribution in [3.05, 3.63) is 100 Å². The fourth-order valence-corrected chi connectivity index (χ4v) is 4.18. The normalized spacial score (nSPS) is 15.6. The molecule has 0 saturated carbocycles. The van der Waals surface area contributed by atoms with Crippen LogP contribution in [-0.2, 0) is 0 Å². The molecule has 0 amide bonds. The molecular formula is C26H25N. The van der Waals surface area contributed by atoms with Crippen molar-refractivity contribution in [2.45, 2.75) is 33.6 Å². The lowest BCUT2D eigenvalue weighted by Gasteiger charge is -2.20. The minimum absolute atomic E-state index is 0.340. The van der Waals surface area contributed by atoms with Gasteiger partial charge in [-0.1, -0.05) is 65.7 Å².